The summed E-state index contributed by atoms with van der Waals surface area (Å²) in [5, 5.41) is 9.86. The molecule has 0 radical (unpaired) electrons. The zero-order valence-electron chi connectivity index (χ0n) is 9.22. The highest BCUT2D eigenvalue weighted by Crippen LogP contribution is 2.34. The van der Waals surface area contributed by atoms with Crippen molar-refractivity contribution in [3.63, 3.8) is 0 Å². The molecule has 2 aliphatic rings. The number of likely N-dealkylation sites (N-methyl/N-ethyl adjacent to an activating group) is 1. The number of fused-ring (bicyclic) bond motifs is 1. The van der Waals surface area contributed by atoms with Crippen LogP contribution in [0, 0.1) is 5.92 Å². The van der Waals surface area contributed by atoms with E-state index >= 15 is 0 Å². The molecule has 3 heteroatoms. The largest absolute Gasteiger partial charge is 0.387 e. The third-order valence-electron chi connectivity index (χ3n) is 3.34. The molecule has 1 aliphatic heterocycles. The van der Waals surface area contributed by atoms with E-state index in [4.69, 9.17) is 5.73 Å². The fourth-order valence-corrected chi connectivity index (χ4v) is 2.41. The minimum Gasteiger partial charge on any atom is -0.387 e. The minimum absolute atomic E-state index is 0.258. The Morgan fingerprint density at radius 3 is 3.00 bits per heavy atom. The summed E-state index contributed by atoms with van der Waals surface area (Å²) >= 11 is 0. The van der Waals surface area contributed by atoms with Crippen molar-refractivity contribution in [2.24, 2.45) is 11.7 Å². The predicted octanol–water partition coefficient (Wildman–Crippen LogP) is 0.636. The molecule has 3 unspecified atom stereocenters. The van der Waals surface area contributed by atoms with Crippen LogP contribution in [0.1, 0.15) is 6.92 Å². The zero-order chi connectivity index (χ0) is 11.0. The fraction of sp³-hybridized carbons (Fsp3) is 0.500. The average Bonchev–Trinajstić information content (AvgIpc) is 2.54. The molecule has 0 bridgehead atoms. The van der Waals surface area contributed by atoms with Crippen LogP contribution in [-0.2, 0) is 0 Å². The molecule has 0 amide bonds. The molecule has 0 aromatic heterocycles. The molecule has 0 saturated heterocycles. The smallest absolute Gasteiger partial charge is 0.0895 e. The first kappa shape index (κ1) is 10.5. The molecule has 0 aromatic carbocycles. The van der Waals surface area contributed by atoms with E-state index in [1.54, 1.807) is 0 Å². The summed E-state index contributed by atoms with van der Waals surface area (Å²) in [6, 6.07) is 0.258. The number of aliphatic hydroxyl groups is 1. The maximum absolute atomic E-state index is 9.86. The van der Waals surface area contributed by atoms with Gasteiger partial charge in [0, 0.05) is 25.2 Å². The van der Waals surface area contributed by atoms with Gasteiger partial charge in [0.05, 0.1) is 12.1 Å². The second-order valence-electron chi connectivity index (χ2n) is 4.24. The van der Waals surface area contributed by atoms with Crippen molar-refractivity contribution in [2.75, 3.05) is 13.6 Å². The number of nitrogens with two attached hydrogens (primary N) is 1. The Bertz CT molecular complexity index is 344. The van der Waals surface area contributed by atoms with Crippen LogP contribution in [0.5, 0.6) is 0 Å². The first-order chi connectivity index (χ1) is 7.15. The Hall–Kier alpha value is -1.06. The van der Waals surface area contributed by atoms with Crippen molar-refractivity contribution in [3.8, 4) is 0 Å². The van der Waals surface area contributed by atoms with Crippen LogP contribution >= 0.6 is 0 Å². The maximum atomic E-state index is 9.86. The standard InChI is InChI=1S/C12H18N2O/c1-8-6-9-4-3-5-10(11(15)7-13)12(9)14(8)2/h3-6,9,11-12,15H,7,13H2,1-2H3. The normalized spacial score (nSPS) is 31.1. The molecule has 0 fully saturated rings. The molecule has 3 nitrogen and oxygen atoms in total. The number of allylic oxidation sites excluding steroid dienone is 3. The summed E-state index contributed by atoms with van der Waals surface area (Å²) in [4.78, 5) is 2.21. The third-order valence-corrected chi connectivity index (χ3v) is 3.34. The second-order valence-corrected chi connectivity index (χ2v) is 4.24. The molecule has 15 heavy (non-hydrogen) atoms. The highest BCUT2D eigenvalue weighted by atomic mass is 16.3. The Morgan fingerprint density at radius 1 is 1.60 bits per heavy atom. The van der Waals surface area contributed by atoms with Gasteiger partial charge < -0.3 is 15.7 Å². The quantitative estimate of drug-likeness (QED) is 0.697. The van der Waals surface area contributed by atoms with E-state index in [-0.39, 0.29) is 12.6 Å². The Balaban J connectivity index is 2.28. The van der Waals surface area contributed by atoms with Crippen molar-refractivity contribution >= 4 is 0 Å². The third kappa shape index (κ3) is 1.62. The first-order valence-corrected chi connectivity index (χ1v) is 5.33. The van der Waals surface area contributed by atoms with Gasteiger partial charge in [-0.05, 0) is 12.5 Å². The highest BCUT2D eigenvalue weighted by Gasteiger charge is 2.35. The molecule has 0 spiro atoms. The molecule has 1 aliphatic carbocycles. The molecule has 3 N–H and O–H groups in total. The lowest BCUT2D eigenvalue weighted by Gasteiger charge is -2.33. The predicted molar refractivity (Wildman–Crippen MR) is 61.1 cm³/mol. The van der Waals surface area contributed by atoms with Crippen molar-refractivity contribution in [2.45, 2.75) is 19.1 Å². The van der Waals surface area contributed by atoms with E-state index in [2.05, 4.69) is 31.0 Å². The van der Waals surface area contributed by atoms with Crippen LogP contribution in [0.15, 0.2) is 35.6 Å². The summed E-state index contributed by atoms with van der Waals surface area (Å²) < 4.78 is 0. The highest BCUT2D eigenvalue weighted by molar-refractivity contribution is 5.36. The molecule has 2 rings (SSSR count). The minimum atomic E-state index is -0.524. The van der Waals surface area contributed by atoms with Crippen molar-refractivity contribution in [3.05, 3.63) is 35.6 Å². The average molecular weight is 206 g/mol. The zero-order valence-corrected chi connectivity index (χ0v) is 9.22. The maximum Gasteiger partial charge on any atom is 0.0895 e. The van der Waals surface area contributed by atoms with Crippen LogP contribution in [0.25, 0.3) is 0 Å². The fourth-order valence-electron chi connectivity index (χ4n) is 2.41. The topological polar surface area (TPSA) is 49.5 Å². The lowest BCUT2D eigenvalue weighted by Crippen LogP contribution is -2.39. The Kier molecular flexibility index (Phi) is 2.67. The molecule has 82 valence electrons. The molecule has 3 atom stereocenters. The molecule has 0 aromatic rings. The van der Waals surface area contributed by atoms with Gasteiger partial charge in [0.2, 0.25) is 0 Å². The Morgan fingerprint density at radius 2 is 2.33 bits per heavy atom. The first-order valence-electron chi connectivity index (χ1n) is 5.33. The number of rotatable bonds is 2. The van der Waals surface area contributed by atoms with Crippen LogP contribution in [-0.4, -0.2) is 35.7 Å². The van der Waals surface area contributed by atoms with E-state index in [1.165, 1.54) is 5.70 Å². The van der Waals surface area contributed by atoms with Crippen LogP contribution in [0.2, 0.25) is 0 Å². The van der Waals surface area contributed by atoms with Gasteiger partial charge in [-0.3, -0.25) is 0 Å². The van der Waals surface area contributed by atoms with E-state index in [0.29, 0.717) is 5.92 Å². The van der Waals surface area contributed by atoms with Gasteiger partial charge in [0.1, 0.15) is 0 Å². The van der Waals surface area contributed by atoms with Gasteiger partial charge >= 0.3 is 0 Å². The summed E-state index contributed by atoms with van der Waals surface area (Å²) in [5.41, 5.74) is 7.80. The van der Waals surface area contributed by atoms with E-state index in [9.17, 15) is 5.11 Å². The van der Waals surface area contributed by atoms with Gasteiger partial charge in [0.25, 0.3) is 0 Å². The number of hydrogen-bond donors (Lipinski definition) is 2. The van der Waals surface area contributed by atoms with Gasteiger partial charge in [-0.1, -0.05) is 24.3 Å². The van der Waals surface area contributed by atoms with Gasteiger partial charge in [-0.15, -0.1) is 0 Å². The van der Waals surface area contributed by atoms with Crippen LogP contribution in [0.3, 0.4) is 0 Å². The van der Waals surface area contributed by atoms with Gasteiger partial charge in [-0.25, -0.2) is 0 Å². The molecular weight excluding hydrogens is 188 g/mol. The van der Waals surface area contributed by atoms with E-state index < -0.39 is 6.10 Å². The van der Waals surface area contributed by atoms with Crippen LogP contribution < -0.4 is 5.73 Å². The molecule has 1 heterocycles. The van der Waals surface area contributed by atoms with Gasteiger partial charge in [-0.2, -0.15) is 0 Å². The molecule has 0 saturated carbocycles. The summed E-state index contributed by atoms with van der Waals surface area (Å²) in [6.45, 7) is 2.38. The van der Waals surface area contributed by atoms with E-state index in [0.717, 1.165) is 5.57 Å². The Labute approximate surface area is 90.6 Å². The SMILES string of the molecule is CC1=CC2C=CC=C(C(O)CN)C2N1C. The van der Waals surface area contributed by atoms with Crippen LogP contribution in [0.4, 0.5) is 0 Å². The number of nitrogens with zero attached hydrogens (tertiary/aromatic N) is 1. The second kappa shape index (κ2) is 3.83. The van der Waals surface area contributed by atoms with Crippen molar-refractivity contribution in [1.82, 2.24) is 4.90 Å². The summed E-state index contributed by atoms with van der Waals surface area (Å²) in [6.07, 6.45) is 7.88. The molecular formula is C12H18N2O. The van der Waals surface area contributed by atoms with E-state index in [1.807, 2.05) is 12.2 Å². The lowest BCUT2D eigenvalue weighted by molar-refractivity contribution is 0.189. The lowest BCUT2D eigenvalue weighted by atomic mass is 9.87. The summed E-state index contributed by atoms with van der Waals surface area (Å²) in [5.74, 6) is 0.385. The number of aliphatic hydroxyl groups excluding tert-OH is 1. The van der Waals surface area contributed by atoms with Gasteiger partial charge in [0.15, 0.2) is 0 Å². The monoisotopic (exact) mass is 206 g/mol. The number of hydrogen-bond acceptors (Lipinski definition) is 3. The van der Waals surface area contributed by atoms with Crippen molar-refractivity contribution in [1.29, 1.82) is 0 Å². The summed E-state index contributed by atoms with van der Waals surface area (Å²) in [7, 11) is 2.06. The van der Waals surface area contributed by atoms with Crippen molar-refractivity contribution < 1.29 is 5.11 Å².